The minimum absolute atomic E-state index is 0.0277. The molecule has 2 aromatic heterocycles. The van der Waals surface area contributed by atoms with E-state index in [2.05, 4.69) is 10.1 Å². The highest BCUT2D eigenvalue weighted by molar-refractivity contribution is 6.00. The largest absolute Gasteiger partial charge is 0.471 e. The number of hydrogen-bond donors (Lipinski definition) is 1. The molecule has 1 aliphatic heterocycles. The number of likely N-dealkylation sites (tertiary alicyclic amines) is 1. The Morgan fingerprint density at radius 3 is 2.55 bits per heavy atom. The topological polar surface area (TPSA) is 110 Å². The van der Waals surface area contributed by atoms with Crippen LogP contribution in [0.1, 0.15) is 39.3 Å². The highest BCUT2D eigenvalue weighted by Crippen LogP contribution is 2.37. The normalized spacial score (nSPS) is 16.4. The van der Waals surface area contributed by atoms with Gasteiger partial charge in [-0.2, -0.15) is 13.2 Å². The second-order valence-corrected chi connectivity index (χ2v) is 9.65. The Hall–Kier alpha value is -4.10. The molecule has 3 aromatic rings. The lowest BCUT2D eigenvalue weighted by Crippen LogP contribution is -2.43. The first-order chi connectivity index (χ1) is 17.7. The van der Waals surface area contributed by atoms with Crippen molar-refractivity contribution in [2.45, 2.75) is 51.5 Å². The minimum Gasteiger partial charge on any atom is -0.471 e. The number of imidazole rings is 1. The third kappa shape index (κ3) is 5.89. The van der Waals surface area contributed by atoms with E-state index in [9.17, 15) is 32.3 Å². The number of carbonyl (C=O) groups is 2. The van der Waals surface area contributed by atoms with Gasteiger partial charge in [-0.15, -0.1) is 5.10 Å². The molecule has 1 aliphatic rings. The molecule has 38 heavy (non-hydrogen) atoms. The molecule has 1 unspecified atom stereocenters. The number of fused-ring (bicyclic) bond motifs is 1. The maximum atomic E-state index is 14.2. The Labute approximate surface area is 214 Å². The van der Waals surface area contributed by atoms with Crippen molar-refractivity contribution in [1.29, 1.82) is 0 Å². The lowest BCUT2D eigenvalue weighted by Gasteiger charge is -2.31. The van der Waals surface area contributed by atoms with Crippen molar-refractivity contribution in [3.8, 4) is 5.88 Å². The number of alkyl halides is 3. The number of carbonyl (C=O) groups excluding carboxylic acids is 1. The van der Waals surface area contributed by atoms with Crippen LogP contribution in [0.5, 0.6) is 5.88 Å². The van der Waals surface area contributed by atoms with Gasteiger partial charge in [0.25, 0.3) is 0 Å². The molecule has 10 nitrogen and oxygen atoms in total. The van der Waals surface area contributed by atoms with Gasteiger partial charge in [0.2, 0.25) is 5.88 Å². The van der Waals surface area contributed by atoms with Gasteiger partial charge in [0.1, 0.15) is 23.2 Å². The molecule has 1 N–H and O–H groups in total. The molecule has 204 valence electrons. The summed E-state index contributed by atoms with van der Waals surface area (Å²) in [6.45, 7) is 5.05. The highest BCUT2D eigenvalue weighted by Gasteiger charge is 2.38. The fourth-order valence-corrected chi connectivity index (χ4v) is 3.99. The van der Waals surface area contributed by atoms with Crippen LogP contribution in [0.25, 0.3) is 5.65 Å². The van der Waals surface area contributed by atoms with E-state index in [4.69, 9.17) is 9.47 Å². The fourth-order valence-electron chi connectivity index (χ4n) is 3.99. The lowest BCUT2D eigenvalue weighted by molar-refractivity contribution is -0.142. The molecule has 0 aliphatic carbocycles. The Kier molecular flexibility index (Phi) is 7.08. The molecule has 0 spiro atoms. The summed E-state index contributed by atoms with van der Waals surface area (Å²) in [4.78, 5) is 30.6. The molecule has 1 atom stereocenters. The van der Waals surface area contributed by atoms with Crippen LogP contribution in [0.2, 0.25) is 0 Å². The Morgan fingerprint density at radius 2 is 1.92 bits per heavy atom. The molecular weight excluding hydrogens is 514 g/mol. The van der Waals surface area contributed by atoms with E-state index in [1.54, 1.807) is 20.8 Å². The number of anilines is 2. The first-order valence-electron chi connectivity index (χ1n) is 11.6. The van der Waals surface area contributed by atoms with Crippen molar-refractivity contribution in [2.75, 3.05) is 18.0 Å². The van der Waals surface area contributed by atoms with Crippen molar-refractivity contribution in [3.63, 3.8) is 0 Å². The molecule has 1 aromatic carbocycles. The summed E-state index contributed by atoms with van der Waals surface area (Å²) in [7, 11) is 0. The third-order valence-corrected chi connectivity index (χ3v) is 5.54. The zero-order valence-electron chi connectivity index (χ0n) is 20.7. The van der Waals surface area contributed by atoms with Crippen molar-refractivity contribution in [1.82, 2.24) is 19.5 Å². The van der Waals surface area contributed by atoms with Gasteiger partial charge in [0.05, 0.1) is 18.4 Å². The summed E-state index contributed by atoms with van der Waals surface area (Å²) in [5.74, 6) is -1.02. The average molecular weight is 539 g/mol. The number of hydrogen-bond acceptors (Lipinski definition) is 6. The molecule has 14 heteroatoms. The van der Waals surface area contributed by atoms with Gasteiger partial charge < -0.3 is 19.5 Å². The second-order valence-electron chi connectivity index (χ2n) is 9.65. The predicted molar refractivity (Wildman–Crippen MR) is 126 cm³/mol. The summed E-state index contributed by atoms with van der Waals surface area (Å²) < 4.78 is 67.4. The number of ether oxygens (including phenoxy) is 2. The van der Waals surface area contributed by atoms with Crippen LogP contribution < -0.4 is 9.64 Å². The molecule has 1 fully saturated rings. The van der Waals surface area contributed by atoms with Gasteiger partial charge in [-0.1, -0.05) is 6.07 Å². The van der Waals surface area contributed by atoms with Crippen LogP contribution in [0.4, 0.5) is 38.5 Å². The van der Waals surface area contributed by atoms with Crippen molar-refractivity contribution >= 4 is 29.2 Å². The van der Waals surface area contributed by atoms with Crippen LogP contribution in [0, 0.1) is 5.82 Å². The molecule has 1 saturated heterocycles. The summed E-state index contributed by atoms with van der Waals surface area (Å²) >= 11 is 0. The van der Waals surface area contributed by atoms with E-state index in [1.165, 1.54) is 18.2 Å². The molecule has 0 radical (unpaired) electrons. The Balaban J connectivity index is 1.88. The van der Waals surface area contributed by atoms with Crippen molar-refractivity contribution in [3.05, 3.63) is 48.0 Å². The van der Waals surface area contributed by atoms with E-state index in [-0.39, 0.29) is 29.4 Å². The van der Waals surface area contributed by atoms with Crippen molar-refractivity contribution < 1.29 is 41.7 Å². The van der Waals surface area contributed by atoms with Crippen LogP contribution in [0.15, 0.2) is 36.5 Å². The number of amides is 2. The predicted octanol–water partition coefficient (Wildman–Crippen LogP) is 5.48. The van der Waals surface area contributed by atoms with Crippen LogP contribution in [-0.4, -0.2) is 61.6 Å². The maximum Gasteiger partial charge on any atom is 0.435 e. The first kappa shape index (κ1) is 26.9. The fraction of sp³-hybridized carbons (Fsp3) is 0.417. The van der Waals surface area contributed by atoms with Crippen LogP contribution >= 0.6 is 0 Å². The zero-order chi connectivity index (χ0) is 27.8. The van der Waals surface area contributed by atoms with Gasteiger partial charge in [-0.25, -0.2) is 28.4 Å². The summed E-state index contributed by atoms with van der Waals surface area (Å²) in [5.41, 5.74) is -2.85. The number of aromatic nitrogens is 3. The molecule has 3 heterocycles. The number of carboxylic acid groups (broad SMARTS) is 1. The first-order valence-corrected chi connectivity index (χ1v) is 11.6. The van der Waals surface area contributed by atoms with Gasteiger partial charge >= 0.3 is 18.4 Å². The average Bonchev–Trinajstić information content (AvgIpc) is 3.23. The van der Waals surface area contributed by atoms with Crippen LogP contribution in [0.3, 0.4) is 0 Å². The molecule has 2 amide bonds. The Bertz CT molecular complexity index is 1350. The molecular formula is C24H25F4N5O5. The van der Waals surface area contributed by atoms with Gasteiger partial charge in [0.15, 0.2) is 11.3 Å². The standard InChI is InChI=1S/C24H25F4N5O5/c1-23(2,3)38-22(36)32(15-7-4-6-14(25)10-15)17-11-19(37-16-8-5-9-31(13-16)21(34)35)30-33-18(24(26,27)28)12-29-20(17)33/h4,6-7,10-12,16H,5,8-9,13H2,1-3H3,(H,34,35). The summed E-state index contributed by atoms with van der Waals surface area (Å²) in [5, 5.41) is 13.3. The maximum absolute atomic E-state index is 14.2. The van der Waals surface area contributed by atoms with Gasteiger partial charge in [-0.3, -0.25) is 0 Å². The molecule has 0 saturated carbocycles. The number of benzene rings is 1. The van der Waals surface area contributed by atoms with E-state index in [0.717, 1.165) is 21.9 Å². The van der Waals surface area contributed by atoms with E-state index in [0.29, 0.717) is 30.1 Å². The van der Waals surface area contributed by atoms with Crippen molar-refractivity contribution in [2.24, 2.45) is 0 Å². The zero-order valence-corrected chi connectivity index (χ0v) is 20.7. The van der Waals surface area contributed by atoms with Crippen LogP contribution in [-0.2, 0) is 10.9 Å². The Morgan fingerprint density at radius 1 is 1.18 bits per heavy atom. The van der Waals surface area contributed by atoms with E-state index in [1.807, 2.05) is 0 Å². The monoisotopic (exact) mass is 539 g/mol. The highest BCUT2D eigenvalue weighted by atomic mass is 19.4. The van der Waals surface area contributed by atoms with Gasteiger partial charge in [0, 0.05) is 12.6 Å². The number of nitrogens with zero attached hydrogens (tertiary/aromatic N) is 5. The number of rotatable bonds is 4. The number of halogens is 4. The third-order valence-electron chi connectivity index (χ3n) is 5.54. The molecule has 0 bridgehead atoms. The summed E-state index contributed by atoms with van der Waals surface area (Å²) in [6.07, 6.45) is -6.27. The van der Waals surface area contributed by atoms with Gasteiger partial charge in [-0.05, 0) is 51.8 Å². The smallest absolute Gasteiger partial charge is 0.435 e. The number of piperidine rings is 1. The minimum atomic E-state index is -4.86. The quantitative estimate of drug-likeness (QED) is 0.437. The summed E-state index contributed by atoms with van der Waals surface area (Å²) in [6, 6.07) is 6.05. The SMILES string of the molecule is CC(C)(C)OC(=O)N(c1cccc(F)c1)c1cc(OC2CCCN(C(=O)O)C2)nn2c(C(F)(F)F)cnc12. The second kappa shape index (κ2) is 9.99. The van der Waals surface area contributed by atoms with E-state index >= 15 is 0 Å². The van der Waals surface area contributed by atoms with E-state index < -0.39 is 41.6 Å². The lowest BCUT2D eigenvalue weighted by atomic mass is 10.1. The molecule has 4 rings (SSSR count).